The van der Waals surface area contributed by atoms with Crippen molar-refractivity contribution in [1.29, 1.82) is 0 Å². The van der Waals surface area contributed by atoms with Crippen LogP contribution in [0.3, 0.4) is 0 Å². The fourth-order valence-electron chi connectivity index (χ4n) is 0.809. The van der Waals surface area contributed by atoms with Crippen LogP contribution < -0.4 is 0 Å². The number of ketones is 1. The molecule has 0 saturated carbocycles. The van der Waals surface area contributed by atoms with Crippen LogP contribution in [0.5, 0.6) is 0 Å². The molecule has 0 rings (SSSR count). The van der Waals surface area contributed by atoms with Crippen LogP contribution in [0.2, 0.25) is 0 Å². The quantitative estimate of drug-likeness (QED) is 0.465. The summed E-state index contributed by atoms with van der Waals surface area (Å²) in [5.41, 5.74) is 0.971. The molecule has 0 saturated heterocycles. The lowest BCUT2D eigenvalue weighted by Crippen LogP contribution is -2.06. The zero-order valence-electron chi connectivity index (χ0n) is 7.96. The Balaban J connectivity index is 3.76. The third kappa shape index (κ3) is 4.83. The van der Waals surface area contributed by atoms with Crippen LogP contribution in [0.1, 0.15) is 33.6 Å². The van der Waals surface area contributed by atoms with Crippen molar-refractivity contribution in [1.82, 2.24) is 0 Å². The highest BCUT2D eigenvalue weighted by Gasteiger charge is 2.06. The minimum atomic E-state index is 0.106. The first-order valence-electron chi connectivity index (χ1n) is 4.21. The maximum absolute atomic E-state index is 11.1. The van der Waals surface area contributed by atoms with Gasteiger partial charge in [-0.2, -0.15) is 0 Å². The second-order valence-corrected chi connectivity index (χ2v) is 3.27. The summed E-state index contributed by atoms with van der Waals surface area (Å²) in [7, 11) is 0. The fourth-order valence-corrected chi connectivity index (χ4v) is 0.809. The molecule has 0 amide bonds. The molecule has 0 fully saturated rings. The Bertz CT molecular complexity index is 190. The Morgan fingerprint density at radius 3 is 2.33 bits per heavy atom. The second-order valence-electron chi connectivity index (χ2n) is 3.27. The van der Waals surface area contributed by atoms with E-state index >= 15 is 0 Å². The molecule has 0 atom stereocenters. The molecule has 0 spiro atoms. The molecular weight excluding hydrogens is 152 g/mol. The minimum Gasteiger partial charge on any atom is -0.299 e. The van der Waals surface area contributed by atoms with Gasteiger partial charge < -0.3 is 0 Å². The zero-order valence-corrected chi connectivity index (χ0v) is 7.96. The van der Waals surface area contributed by atoms with Crippen LogP contribution >= 0.6 is 0 Å². The van der Waals surface area contributed by atoms with Crippen LogP contribution in [0.15, 0.2) is 11.6 Å². The van der Waals surface area contributed by atoms with Crippen molar-refractivity contribution in [2.24, 2.45) is 5.92 Å². The summed E-state index contributed by atoms with van der Waals surface area (Å²) in [5.74, 6) is 0.364. The monoisotopic (exact) mass is 168 g/mol. The summed E-state index contributed by atoms with van der Waals surface area (Å²) in [6.07, 6.45) is 3.52. The molecule has 0 radical (unpaired) electrons. The predicted molar refractivity (Wildman–Crippen MR) is 48.9 cm³/mol. The van der Waals surface area contributed by atoms with Crippen molar-refractivity contribution in [3.63, 3.8) is 0 Å². The zero-order chi connectivity index (χ0) is 9.56. The lowest BCUT2D eigenvalue weighted by atomic mass is 10.0. The molecule has 0 aromatic carbocycles. The van der Waals surface area contributed by atoms with E-state index < -0.39 is 0 Å². The van der Waals surface area contributed by atoms with Gasteiger partial charge in [0.2, 0.25) is 0 Å². The van der Waals surface area contributed by atoms with Gasteiger partial charge in [-0.1, -0.05) is 19.4 Å². The van der Waals surface area contributed by atoms with Gasteiger partial charge in [0.25, 0.3) is 0 Å². The molecular formula is C10H16O2. The molecule has 2 nitrogen and oxygen atoms in total. The number of hydrogen-bond donors (Lipinski definition) is 0. The van der Waals surface area contributed by atoms with Crippen LogP contribution in [0.4, 0.5) is 0 Å². The van der Waals surface area contributed by atoms with Gasteiger partial charge >= 0.3 is 0 Å². The number of aldehydes is 1. The number of rotatable bonds is 5. The van der Waals surface area contributed by atoms with E-state index in [0.29, 0.717) is 12.8 Å². The molecule has 68 valence electrons. The molecule has 0 heterocycles. The Morgan fingerprint density at radius 1 is 1.33 bits per heavy atom. The molecule has 0 N–H and O–H groups in total. The second kappa shape index (κ2) is 5.70. The highest BCUT2D eigenvalue weighted by atomic mass is 16.1. The van der Waals surface area contributed by atoms with E-state index in [9.17, 15) is 9.59 Å². The summed E-state index contributed by atoms with van der Waals surface area (Å²) in [6.45, 7) is 5.64. The van der Waals surface area contributed by atoms with Gasteiger partial charge in [-0.15, -0.1) is 0 Å². The topological polar surface area (TPSA) is 34.1 Å². The first-order chi connectivity index (χ1) is 5.57. The van der Waals surface area contributed by atoms with Gasteiger partial charge in [0.05, 0.1) is 0 Å². The maximum atomic E-state index is 11.1. The maximum Gasteiger partial charge on any atom is 0.142 e. The van der Waals surface area contributed by atoms with Crippen molar-refractivity contribution in [2.45, 2.75) is 33.6 Å². The van der Waals surface area contributed by atoms with Crippen molar-refractivity contribution in [3.05, 3.63) is 11.6 Å². The summed E-state index contributed by atoms with van der Waals surface area (Å²) < 4.78 is 0. The Hall–Kier alpha value is -0.920. The standard InChI is InChI=1S/C10H16O2/c1-8(2)10(12)5-4-9(3)6-7-11/h6-8H,4-5H2,1-3H3/b9-6-. The van der Waals surface area contributed by atoms with Gasteiger partial charge in [0, 0.05) is 12.3 Å². The normalized spacial score (nSPS) is 11.8. The number of carbonyl (C=O) groups is 2. The third-order valence-corrected chi connectivity index (χ3v) is 1.76. The van der Waals surface area contributed by atoms with Gasteiger partial charge in [0.15, 0.2) is 0 Å². The minimum absolute atomic E-state index is 0.106. The molecule has 0 aromatic rings. The van der Waals surface area contributed by atoms with Crippen LogP contribution in [-0.4, -0.2) is 12.1 Å². The van der Waals surface area contributed by atoms with Gasteiger partial charge in [0.1, 0.15) is 12.1 Å². The number of hydrogen-bond acceptors (Lipinski definition) is 2. The van der Waals surface area contributed by atoms with Gasteiger partial charge in [-0.05, 0) is 19.4 Å². The molecule has 12 heavy (non-hydrogen) atoms. The Morgan fingerprint density at radius 2 is 1.92 bits per heavy atom. The third-order valence-electron chi connectivity index (χ3n) is 1.76. The molecule has 0 aliphatic carbocycles. The van der Waals surface area contributed by atoms with Crippen LogP contribution in [-0.2, 0) is 9.59 Å². The van der Waals surface area contributed by atoms with E-state index in [1.807, 2.05) is 20.8 Å². The van der Waals surface area contributed by atoms with Crippen LogP contribution in [0, 0.1) is 5.92 Å². The van der Waals surface area contributed by atoms with E-state index in [2.05, 4.69) is 0 Å². The Kier molecular flexibility index (Phi) is 5.26. The van der Waals surface area contributed by atoms with E-state index in [-0.39, 0.29) is 11.7 Å². The highest BCUT2D eigenvalue weighted by molar-refractivity contribution is 5.80. The van der Waals surface area contributed by atoms with E-state index in [1.54, 1.807) is 0 Å². The highest BCUT2D eigenvalue weighted by Crippen LogP contribution is 2.07. The van der Waals surface area contributed by atoms with E-state index in [0.717, 1.165) is 11.9 Å². The molecule has 0 bridgehead atoms. The lowest BCUT2D eigenvalue weighted by Gasteiger charge is -2.02. The number of allylic oxidation sites excluding steroid dienone is 2. The summed E-state index contributed by atoms with van der Waals surface area (Å²) in [4.78, 5) is 21.2. The average Bonchev–Trinajstić information content (AvgIpc) is 2.00. The summed E-state index contributed by atoms with van der Waals surface area (Å²) in [5, 5.41) is 0. The number of Topliss-reactive ketones (excluding diaryl/α,β-unsaturated/α-hetero) is 1. The molecule has 0 aliphatic heterocycles. The first kappa shape index (κ1) is 11.1. The van der Waals surface area contributed by atoms with Gasteiger partial charge in [-0.25, -0.2) is 0 Å². The largest absolute Gasteiger partial charge is 0.299 e. The first-order valence-corrected chi connectivity index (χ1v) is 4.21. The van der Waals surface area contributed by atoms with Crippen molar-refractivity contribution >= 4 is 12.1 Å². The lowest BCUT2D eigenvalue weighted by molar-refractivity contribution is -0.121. The molecule has 2 heteroatoms. The SMILES string of the molecule is C/C(=C/C=O)CCC(=O)C(C)C. The number of carbonyl (C=O) groups excluding carboxylic acids is 2. The summed E-state index contributed by atoms with van der Waals surface area (Å²) in [6, 6.07) is 0. The van der Waals surface area contributed by atoms with Crippen molar-refractivity contribution in [3.8, 4) is 0 Å². The molecule has 0 unspecified atom stereocenters. The Labute approximate surface area is 73.7 Å². The fraction of sp³-hybridized carbons (Fsp3) is 0.600. The summed E-state index contributed by atoms with van der Waals surface area (Å²) >= 11 is 0. The predicted octanol–water partition coefficient (Wildman–Crippen LogP) is 2.14. The molecule has 0 aromatic heterocycles. The van der Waals surface area contributed by atoms with E-state index in [1.165, 1.54) is 6.08 Å². The smallest absolute Gasteiger partial charge is 0.142 e. The van der Waals surface area contributed by atoms with Gasteiger partial charge in [-0.3, -0.25) is 9.59 Å². The van der Waals surface area contributed by atoms with Crippen molar-refractivity contribution < 1.29 is 9.59 Å². The van der Waals surface area contributed by atoms with Crippen molar-refractivity contribution in [2.75, 3.05) is 0 Å². The average molecular weight is 168 g/mol. The molecule has 0 aliphatic rings. The van der Waals surface area contributed by atoms with E-state index in [4.69, 9.17) is 0 Å². The van der Waals surface area contributed by atoms with Crippen LogP contribution in [0.25, 0.3) is 0 Å².